The Morgan fingerprint density at radius 2 is 1.76 bits per heavy atom. The third-order valence-corrected chi connectivity index (χ3v) is 9.31. The Hall–Kier alpha value is -3.05. The molecule has 198 valence electrons. The van der Waals surface area contributed by atoms with Gasteiger partial charge in [0.05, 0.1) is 5.52 Å². The molecular formula is C33H39N3O2. The molecule has 1 saturated carbocycles. The quantitative estimate of drug-likeness (QED) is 0.329. The number of carbonyl (C=O) groups is 2. The van der Waals surface area contributed by atoms with Gasteiger partial charge in [-0.3, -0.25) is 19.5 Å². The van der Waals surface area contributed by atoms with E-state index in [-0.39, 0.29) is 17.7 Å². The Balaban J connectivity index is 1.02. The van der Waals surface area contributed by atoms with Gasteiger partial charge in [0, 0.05) is 47.3 Å². The van der Waals surface area contributed by atoms with E-state index in [4.69, 9.17) is 0 Å². The van der Waals surface area contributed by atoms with Crippen molar-refractivity contribution in [2.75, 3.05) is 6.54 Å². The van der Waals surface area contributed by atoms with E-state index >= 15 is 0 Å². The van der Waals surface area contributed by atoms with Crippen molar-refractivity contribution in [3.05, 3.63) is 76.5 Å². The smallest absolute Gasteiger partial charge is 0.252 e. The zero-order valence-corrected chi connectivity index (χ0v) is 22.7. The minimum absolute atomic E-state index is 0.0228. The van der Waals surface area contributed by atoms with Crippen molar-refractivity contribution in [2.45, 2.75) is 89.8 Å². The first-order valence-corrected chi connectivity index (χ1v) is 14.6. The summed E-state index contributed by atoms with van der Waals surface area (Å²) in [5.41, 5.74) is 6.49. The van der Waals surface area contributed by atoms with E-state index in [9.17, 15) is 9.59 Å². The van der Waals surface area contributed by atoms with Crippen LogP contribution in [0.1, 0.15) is 114 Å². The number of nitrogens with zero attached hydrogens (tertiary/aromatic N) is 2. The third-order valence-electron chi connectivity index (χ3n) is 9.31. The van der Waals surface area contributed by atoms with Crippen molar-refractivity contribution < 1.29 is 9.59 Å². The molecule has 2 fully saturated rings. The van der Waals surface area contributed by atoms with Gasteiger partial charge in [0.2, 0.25) is 0 Å². The number of carbonyl (C=O) groups excluding carboxylic acids is 2. The second-order valence-electron chi connectivity index (χ2n) is 11.7. The van der Waals surface area contributed by atoms with Gasteiger partial charge in [0.25, 0.3) is 5.91 Å². The lowest BCUT2D eigenvalue weighted by Crippen LogP contribution is -2.38. The highest BCUT2D eigenvalue weighted by Crippen LogP contribution is 2.53. The molecule has 2 aliphatic heterocycles. The zero-order valence-electron chi connectivity index (χ0n) is 22.7. The predicted molar refractivity (Wildman–Crippen MR) is 151 cm³/mol. The Morgan fingerprint density at radius 3 is 2.55 bits per heavy atom. The van der Waals surface area contributed by atoms with Gasteiger partial charge in [-0.05, 0) is 106 Å². The molecule has 1 aromatic heterocycles. The van der Waals surface area contributed by atoms with Gasteiger partial charge in [-0.2, -0.15) is 0 Å². The Labute approximate surface area is 226 Å². The summed E-state index contributed by atoms with van der Waals surface area (Å²) in [6, 6.07) is 15.6. The molecule has 1 aliphatic carbocycles. The molecule has 6 rings (SSSR count). The number of aryl methyl sites for hydroxylation is 1. The number of ketones is 1. The fraction of sp³-hybridized carbons (Fsp3) is 0.485. The average molecular weight is 510 g/mol. The summed E-state index contributed by atoms with van der Waals surface area (Å²) in [5, 5.41) is 4.25. The normalized spacial score (nSPS) is 24.5. The molecule has 0 radical (unpaired) electrons. The molecule has 1 N–H and O–H groups in total. The SMILES string of the molecule is CCCC(=O)c1ccc2c(c1)C1CCC2N1CCC1CCC(NC(=O)c2ccc(C)c3ncccc23)CC1. The van der Waals surface area contributed by atoms with Crippen LogP contribution in [0.5, 0.6) is 0 Å². The molecule has 1 amide bonds. The first-order valence-electron chi connectivity index (χ1n) is 14.6. The van der Waals surface area contributed by atoms with Crippen molar-refractivity contribution in [1.29, 1.82) is 0 Å². The Kier molecular flexibility index (Phi) is 7.05. The monoisotopic (exact) mass is 509 g/mol. The number of hydrogen-bond donors (Lipinski definition) is 1. The van der Waals surface area contributed by atoms with Crippen LogP contribution in [0, 0.1) is 12.8 Å². The molecule has 2 bridgehead atoms. The van der Waals surface area contributed by atoms with Crippen LogP contribution in [0.2, 0.25) is 0 Å². The summed E-state index contributed by atoms with van der Waals surface area (Å²) in [6.45, 7) is 5.24. The molecule has 3 heterocycles. The van der Waals surface area contributed by atoms with Gasteiger partial charge in [-0.25, -0.2) is 0 Å². The fourth-order valence-electron chi connectivity index (χ4n) is 7.26. The van der Waals surface area contributed by atoms with Gasteiger partial charge in [-0.15, -0.1) is 0 Å². The number of rotatable bonds is 8. The number of benzene rings is 2. The molecule has 2 atom stereocenters. The number of pyridine rings is 1. The minimum Gasteiger partial charge on any atom is -0.349 e. The summed E-state index contributed by atoms with van der Waals surface area (Å²) in [6.07, 6.45) is 11.4. The van der Waals surface area contributed by atoms with Crippen molar-refractivity contribution in [3.8, 4) is 0 Å². The maximum absolute atomic E-state index is 13.1. The molecule has 5 nitrogen and oxygen atoms in total. The first-order chi connectivity index (χ1) is 18.5. The van der Waals surface area contributed by atoms with Crippen molar-refractivity contribution in [3.63, 3.8) is 0 Å². The maximum atomic E-state index is 13.1. The third kappa shape index (κ3) is 4.66. The van der Waals surface area contributed by atoms with Gasteiger partial charge in [0.1, 0.15) is 0 Å². The minimum atomic E-state index is 0.0228. The Bertz CT molecular complexity index is 1360. The van der Waals surface area contributed by atoms with Gasteiger partial charge >= 0.3 is 0 Å². The number of Topliss-reactive ketones (excluding diaryl/α,β-unsaturated/α-hetero) is 1. The van der Waals surface area contributed by atoms with Crippen LogP contribution in [0.25, 0.3) is 10.9 Å². The van der Waals surface area contributed by atoms with Crippen molar-refractivity contribution >= 4 is 22.6 Å². The summed E-state index contributed by atoms with van der Waals surface area (Å²) in [7, 11) is 0. The lowest BCUT2D eigenvalue weighted by atomic mass is 9.84. The Morgan fingerprint density at radius 1 is 0.974 bits per heavy atom. The molecule has 3 aliphatic rings. The zero-order chi connectivity index (χ0) is 26.2. The number of amides is 1. The molecule has 5 heteroatoms. The highest BCUT2D eigenvalue weighted by atomic mass is 16.1. The summed E-state index contributed by atoms with van der Waals surface area (Å²) in [4.78, 5) is 32.8. The number of aromatic nitrogens is 1. The van der Waals surface area contributed by atoms with Crippen LogP contribution < -0.4 is 5.32 Å². The maximum Gasteiger partial charge on any atom is 0.252 e. The van der Waals surface area contributed by atoms with E-state index in [1.54, 1.807) is 6.20 Å². The highest BCUT2D eigenvalue weighted by Gasteiger charge is 2.43. The van der Waals surface area contributed by atoms with Gasteiger partial charge < -0.3 is 5.32 Å². The lowest BCUT2D eigenvalue weighted by molar-refractivity contribution is 0.0919. The molecule has 2 aromatic carbocycles. The van der Waals surface area contributed by atoms with Crippen molar-refractivity contribution in [1.82, 2.24) is 15.2 Å². The number of hydrogen-bond acceptors (Lipinski definition) is 4. The fourth-order valence-corrected chi connectivity index (χ4v) is 7.26. The van der Waals surface area contributed by atoms with Crippen LogP contribution >= 0.6 is 0 Å². The summed E-state index contributed by atoms with van der Waals surface area (Å²) in [5.74, 6) is 1.02. The largest absolute Gasteiger partial charge is 0.349 e. The standard InChI is InChI=1S/C33H39N3O2/c1-3-5-31(37)23-10-14-25-28(20-23)30-16-15-29(25)36(30)19-17-22-8-11-24(12-9-22)35-33(38)27-13-7-21(2)32-26(27)6-4-18-34-32/h4,6-7,10,13-14,18,20,22,24,29-30H,3,5,8-9,11-12,15-17,19H2,1-2H3,(H,35,38). The average Bonchev–Trinajstić information content (AvgIpc) is 3.49. The molecule has 1 saturated heterocycles. The second kappa shape index (κ2) is 10.6. The molecule has 0 spiro atoms. The summed E-state index contributed by atoms with van der Waals surface area (Å²) >= 11 is 0. The van der Waals surface area contributed by atoms with E-state index in [2.05, 4.69) is 40.3 Å². The van der Waals surface area contributed by atoms with E-state index in [0.29, 0.717) is 18.5 Å². The topological polar surface area (TPSA) is 62.3 Å². The molecule has 2 unspecified atom stereocenters. The van der Waals surface area contributed by atoms with Crippen LogP contribution in [0.4, 0.5) is 0 Å². The lowest BCUT2D eigenvalue weighted by Gasteiger charge is -2.31. The van der Waals surface area contributed by atoms with Crippen LogP contribution in [0.3, 0.4) is 0 Å². The molecule has 38 heavy (non-hydrogen) atoms. The van der Waals surface area contributed by atoms with E-state index in [1.165, 1.54) is 43.2 Å². The first kappa shape index (κ1) is 25.2. The van der Waals surface area contributed by atoms with E-state index < -0.39 is 0 Å². The van der Waals surface area contributed by atoms with E-state index in [0.717, 1.165) is 59.3 Å². The summed E-state index contributed by atoms with van der Waals surface area (Å²) < 4.78 is 0. The van der Waals surface area contributed by atoms with Gasteiger partial charge in [0.15, 0.2) is 5.78 Å². The van der Waals surface area contributed by atoms with Crippen LogP contribution in [-0.4, -0.2) is 34.2 Å². The predicted octanol–water partition coefficient (Wildman–Crippen LogP) is 7.10. The van der Waals surface area contributed by atoms with Crippen LogP contribution in [0.15, 0.2) is 48.7 Å². The van der Waals surface area contributed by atoms with Gasteiger partial charge in [-0.1, -0.05) is 31.2 Å². The van der Waals surface area contributed by atoms with Crippen LogP contribution in [-0.2, 0) is 0 Å². The number of nitrogens with one attached hydrogen (secondary N) is 1. The van der Waals surface area contributed by atoms with E-state index in [1.807, 2.05) is 31.2 Å². The molecular weight excluding hydrogens is 470 g/mol. The number of fused-ring (bicyclic) bond motifs is 6. The second-order valence-corrected chi connectivity index (χ2v) is 11.7. The molecule has 3 aromatic rings. The highest BCUT2D eigenvalue weighted by molar-refractivity contribution is 6.07. The van der Waals surface area contributed by atoms with Crippen molar-refractivity contribution in [2.24, 2.45) is 5.92 Å².